The van der Waals surface area contributed by atoms with Crippen molar-refractivity contribution in [2.75, 3.05) is 13.1 Å². The fourth-order valence-electron chi connectivity index (χ4n) is 2.45. The number of piperidine rings is 1. The van der Waals surface area contributed by atoms with Crippen molar-refractivity contribution in [3.63, 3.8) is 0 Å². The topological polar surface area (TPSA) is 69.6 Å². The van der Waals surface area contributed by atoms with Gasteiger partial charge in [0.05, 0.1) is 5.92 Å². The first-order valence-corrected chi connectivity index (χ1v) is 6.98. The molecule has 1 saturated heterocycles. The third kappa shape index (κ3) is 5.19. The van der Waals surface area contributed by atoms with Crippen molar-refractivity contribution in [3.8, 4) is 0 Å². The molecule has 2 atom stereocenters. The van der Waals surface area contributed by atoms with Crippen LogP contribution in [0.5, 0.6) is 0 Å². The molecule has 1 amide bonds. The minimum Gasteiger partial charge on any atom is -0.481 e. The summed E-state index contributed by atoms with van der Waals surface area (Å²) in [4.78, 5) is 24.9. The second-order valence-electron chi connectivity index (χ2n) is 6.42. The summed E-state index contributed by atoms with van der Waals surface area (Å²) in [5, 5.41) is 12.3. The number of carbonyl (C=O) groups excluding carboxylic acids is 1. The lowest BCUT2D eigenvalue weighted by Gasteiger charge is -2.36. The summed E-state index contributed by atoms with van der Waals surface area (Å²) >= 11 is 0. The molecule has 1 aliphatic heterocycles. The lowest BCUT2D eigenvalue weighted by atomic mass is 9.91. The quantitative estimate of drug-likeness (QED) is 0.812. The smallest absolute Gasteiger partial charge is 0.306 e. The molecular weight excluding hydrogens is 244 g/mol. The molecule has 5 heteroatoms. The van der Waals surface area contributed by atoms with Gasteiger partial charge >= 0.3 is 5.97 Å². The van der Waals surface area contributed by atoms with Crippen LogP contribution in [0.1, 0.15) is 47.0 Å². The van der Waals surface area contributed by atoms with E-state index >= 15 is 0 Å². The van der Waals surface area contributed by atoms with Gasteiger partial charge in [0.2, 0.25) is 5.91 Å². The molecular formula is C14H26N2O3. The highest BCUT2D eigenvalue weighted by molar-refractivity contribution is 5.77. The number of nitrogens with zero attached hydrogens (tertiary/aromatic N) is 1. The number of rotatable bonds is 4. The van der Waals surface area contributed by atoms with E-state index in [1.165, 1.54) is 0 Å². The Morgan fingerprint density at radius 2 is 2.00 bits per heavy atom. The van der Waals surface area contributed by atoms with Crippen molar-refractivity contribution in [1.29, 1.82) is 0 Å². The summed E-state index contributed by atoms with van der Waals surface area (Å²) in [6, 6.07) is 0.0250. The second kappa shape index (κ2) is 6.37. The van der Waals surface area contributed by atoms with Crippen LogP contribution in [0, 0.1) is 5.92 Å². The van der Waals surface area contributed by atoms with Crippen molar-refractivity contribution >= 4 is 11.9 Å². The summed E-state index contributed by atoms with van der Waals surface area (Å²) in [6.07, 6.45) is 1.60. The van der Waals surface area contributed by atoms with Crippen molar-refractivity contribution in [1.82, 2.24) is 10.2 Å². The average Bonchev–Trinajstić information content (AvgIpc) is 2.26. The highest BCUT2D eigenvalue weighted by Crippen LogP contribution is 2.23. The molecule has 0 aliphatic carbocycles. The molecule has 1 aliphatic rings. The molecule has 2 N–H and O–H groups in total. The molecule has 2 unspecified atom stereocenters. The first kappa shape index (κ1) is 16.0. The van der Waals surface area contributed by atoms with Gasteiger partial charge in [-0.25, -0.2) is 0 Å². The van der Waals surface area contributed by atoms with Crippen LogP contribution in [-0.4, -0.2) is 46.6 Å². The molecule has 1 rings (SSSR count). The average molecular weight is 270 g/mol. The first-order valence-electron chi connectivity index (χ1n) is 6.98. The van der Waals surface area contributed by atoms with Crippen LogP contribution in [0.3, 0.4) is 0 Å². The van der Waals surface area contributed by atoms with Gasteiger partial charge in [0.1, 0.15) is 0 Å². The zero-order chi connectivity index (χ0) is 14.6. The van der Waals surface area contributed by atoms with E-state index in [-0.39, 0.29) is 23.4 Å². The monoisotopic (exact) mass is 270 g/mol. The summed E-state index contributed by atoms with van der Waals surface area (Å²) in [5.74, 6) is -0.923. The zero-order valence-electron chi connectivity index (χ0n) is 12.4. The first-order chi connectivity index (χ1) is 8.70. The van der Waals surface area contributed by atoms with Crippen LogP contribution >= 0.6 is 0 Å². The van der Waals surface area contributed by atoms with Crippen LogP contribution < -0.4 is 5.32 Å². The number of hydrogen-bond acceptors (Lipinski definition) is 3. The summed E-state index contributed by atoms with van der Waals surface area (Å²) in [5.41, 5.74) is 0.0161. The molecule has 5 nitrogen and oxygen atoms in total. The minimum atomic E-state index is -0.742. The standard InChI is InChI=1S/C14H26N2O3/c1-10-9-11(13(18)19)6-8-16(10)12(17)5-7-15-14(2,3)4/h10-11,15H,5-9H2,1-4H3,(H,18,19). The predicted molar refractivity (Wildman–Crippen MR) is 73.9 cm³/mol. The fraction of sp³-hybridized carbons (Fsp3) is 0.857. The van der Waals surface area contributed by atoms with Gasteiger partial charge in [0.15, 0.2) is 0 Å². The Morgan fingerprint density at radius 1 is 1.37 bits per heavy atom. The summed E-state index contributed by atoms with van der Waals surface area (Å²) < 4.78 is 0. The highest BCUT2D eigenvalue weighted by atomic mass is 16.4. The molecule has 0 aromatic carbocycles. The number of likely N-dealkylation sites (tertiary alicyclic amines) is 1. The van der Waals surface area contributed by atoms with Gasteiger partial charge in [-0.1, -0.05) is 0 Å². The van der Waals surface area contributed by atoms with Gasteiger partial charge < -0.3 is 15.3 Å². The van der Waals surface area contributed by atoms with E-state index < -0.39 is 5.97 Å². The lowest BCUT2D eigenvalue weighted by Crippen LogP contribution is -2.47. The molecule has 0 radical (unpaired) electrons. The SMILES string of the molecule is CC1CC(C(=O)O)CCN1C(=O)CCNC(C)(C)C. The largest absolute Gasteiger partial charge is 0.481 e. The maximum Gasteiger partial charge on any atom is 0.306 e. The summed E-state index contributed by atoms with van der Waals surface area (Å²) in [6.45, 7) is 9.36. The van der Waals surface area contributed by atoms with Crippen LogP contribution in [0.15, 0.2) is 0 Å². The zero-order valence-corrected chi connectivity index (χ0v) is 12.4. The molecule has 1 fully saturated rings. The molecule has 0 aromatic heterocycles. The Balaban J connectivity index is 2.40. The van der Waals surface area contributed by atoms with Gasteiger partial charge in [-0.2, -0.15) is 0 Å². The van der Waals surface area contributed by atoms with E-state index in [4.69, 9.17) is 5.11 Å². The number of carboxylic acid groups (broad SMARTS) is 1. The molecule has 0 bridgehead atoms. The molecule has 0 saturated carbocycles. The molecule has 110 valence electrons. The number of hydrogen-bond donors (Lipinski definition) is 2. The minimum absolute atomic E-state index is 0.0161. The Kier molecular flexibility index (Phi) is 5.35. The van der Waals surface area contributed by atoms with Gasteiger partial charge in [0.25, 0.3) is 0 Å². The predicted octanol–water partition coefficient (Wildman–Crippen LogP) is 1.48. The van der Waals surface area contributed by atoms with E-state index in [1.54, 1.807) is 0 Å². The van der Waals surface area contributed by atoms with E-state index in [0.29, 0.717) is 32.4 Å². The van der Waals surface area contributed by atoms with Crippen molar-refractivity contribution < 1.29 is 14.7 Å². The van der Waals surface area contributed by atoms with Gasteiger partial charge in [-0.15, -0.1) is 0 Å². The van der Waals surface area contributed by atoms with Crippen LogP contribution in [-0.2, 0) is 9.59 Å². The second-order valence-corrected chi connectivity index (χ2v) is 6.42. The van der Waals surface area contributed by atoms with Crippen LogP contribution in [0.2, 0.25) is 0 Å². The van der Waals surface area contributed by atoms with E-state index in [1.807, 2.05) is 11.8 Å². The van der Waals surface area contributed by atoms with Gasteiger partial charge in [-0.3, -0.25) is 9.59 Å². The Hall–Kier alpha value is -1.10. The van der Waals surface area contributed by atoms with E-state index in [9.17, 15) is 9.59 Å². The third-order valence-electron chi connectivity index (χ3n) is 3.54. The van der Waals surface area contributed by atoms with Crippen molar-refractivity contribution in [2.24, 2.45) is 5.92 Å². The third-order valence-corrected chi connectivity index (χ3v) is 3.54. The van der Waals surface area contributed by atoms with Gasteiger partial charge in [0, 0.05) is 31.1 Å². The highest BCUT2D eigenvalue weighted by Gasteiger charge is 2.31. The van der Waals surface area contributed by atoms with Crippen molar-refractivity contribution in [2.45, 2.75) is 58.5 Å². The normalized spacial score (nSPS) is 24.3. The van der Waals surface area contributed by atoms with E-state index in [2.05, 4.69) is 26.1 Å². The lowest BCUT2D eigenvalue weighted by molar-refractivity contribution is -0.147. The fourth-order valence-corrected chi connectivity index (χ4v) is 2.45. The van der Waals surface area contributed by atoms with Crippen LogP contribution in [0.4, 0.5) is 0 Å². The Bertz CT molecular complexity index is 336. The van der Waals surface area contributed by atoms with E-state index in [0.717, 1.165) is 0 Å². The van der Waals surface area contributed by atoms with Gasteiger partial charge in [-0.05, 0) is 40.5 Å². The number of carboxylic acids is 1. The maximum atomic E-state index is 12.1. The number of carbonyl (C=O) groups is 2. The molecule has 19 heavy (non-hydrogen) atoms. The van der Waals surface area contributed by atoms with Crippen LogP contribution in [0.25, 0.3) is 0 Å². The number of amides is 1. The Morgan fingerprint density at radius 3 is 2.47 bits per heavy atom. The Labute approximate surface area is 115 Å². The van der Waals surface area contributed by atoms with Crippen molar-refractivity contribution in [3.05, 3.63) is 0 Å². The number of nitrogens with one attached hydrogen (secondary N) is 1. The number of aliphatic carboxylic acids is 1. The summed E-state index contributed by atoms with van der Waals surface area (Å²) in [7, 11) is 0. The molecule has 1 heterocycles. The molecule has 0 spiro atoms. The maximum absolute atomic E-state index is 12.1. The molecule has 0 aromatic rings.